The van der Waals surface area contributed by atoms with E-state index in [-0.39, 0.29) is 10.7 Å². The van der Waals surface area contributed by atoms with Crippen molar-refractivity contribution in [2.45, 2.75) is 18.2 Å². The van der Waals surface area contributed by atoms with E-state index in [0.717, 1.165) is 13.0 Å². The maximum absolute atomic E-state index is 11.5. The third-order valence-corrected chi connectivity index (χ3v) is 3.32. The van der Waals surface area contributed by atoms with Gasteiger partial charge in [-0.25, -0.2) is 0 Å². The van der Waals surface area contributed by atoms with Crippen LogP contribution in [0.25, 0.3) is 0 Å². The lowest BCUT2D eigenvalue weighted by molar-refractivity contribution is -0.128. The minimum absolute atomic E-state index is 0.0872. The second-order valence-electron chi connectivity index (χ2n) is 3.21. The van der Waals surface area contributed by atoms with Crippen LogP contribution in [0, 0.1) is 0 Å². The standard InChI is InChI=1S/C10H14BrNOS/c1-8(11)10(13)12(2)6-5-9-4-3-7-14-9/h3-4,7-8H,5-6H2,1-2H3. The Morgan fingerprint density at radius 1 is 1.71 bits per heavy atom. The number of carbonyl (C=O) groups is 1. The monoisotopic (exact) mass is 275 g/mol. The van der Waals surface area contributed by atoms with Crippen molar-refractivity contribution < 1.29 is 4.79 Å². The first-order chi connectivity index (χ1) is 6.61. The molecule has 1 atom stereocenters. The maximum Gasteiger partial charge on any atom is 0.235 e. The predicted molar refractivity (Wildman–Crippen MR) is 64.0 cm³/mol. The second kappa shape index (κ2) is 5.51. The summed E-state index contributed by atoms with van der Waals surface area (Å²) >= 11 is 5.01. The van der Waals surface area contributed by atoms with E-state index in [4.69, 9.17) is 0 Å². The molecule has 0 saturated heterocycles. The molecule has 78 valence electrons. The summed E-state index contributed by atoms with van der Waals surface area (Å²) in [6, 6.07) is 4.13. The van der Waals surface area contributed by atoms with Gasteiger partial charge in [0.05, 0.1) is 4.83 Å². The molecule has 0 bridgehead atoms. The van der Waals surface area contributed by atoms with Crippen molar-refractivity contribution in [2.24, 2.45) is 0 Å². The summed E-state index contributed by atoms with van der Waals surface area (Å²) in [4.78, 5) is 14.5. The van der Waals surface area contributed by atoms with Gasteiger partial charge in [0.25, 0.3) is 0 Å². The number of hydrogen-bond donors (Lipinski definition) is 0. The van der Waals surface area contributed by atoms with Gasteiger partial charge in [-0.05, 0) is 24.8 Å². The summed E-state index contributed by atoms with van der Waals surface area (Å²) in [5, 5.41) is 2.06. The fraction of sp³-hybridized carbons (Fsp3) is 0.500. The van der Waals surface area contributed by atoms with Gasteiger partial charge in [0.1, 0.15) is 0 Å². The SMILES string of the molecule is CC(Br)C(=O)N(C)CCc1cccs1. The number of hydrogen-bond acceptors (Lipinski definition) is 2. The lowest BCUT2D eigenvalue weighted by atomic mass is 10.3. The van der Waals surface area contributed by atoms with Crippen LogP contribution in [0.3, 0.4) is 0 Å². The summed E-state index contributed by atoms with van der Waals surface area (Å²) < 4.78 is 0. The maximum atomic E-state index is 11.5. The van der Waals surface area contributed by atoms with Gasteiger partial charge in [-0.1, -0.05) is 22.0 Å². The average molecular weight is 276 g/mol. The zero-order chi connectivity index (χ0) is 10.6. The highest BCUT2D eigenvalue weighted by Crippen LogP contribution is 2.10. The molecule has 0 radical (unpaired) electrons. The molecule has 2 nitrogen and oxygen atoms in total. The van der Waals surface area contributed by atoms with Crippen molar-refractivity contribution in [3.8, 4) is 0 Å². The molecule has 0 aliphatic rings. The molecule has 0 aliphatic heterocycles. The van der Waals surface area contributed by atoms with E-state index in [0.29, 0.717) is 0 Å². The molecule has 0 saturated carbocycles. The van der Waals surface area contributed by atoms with Crippen molar-refractivity contribution >= 4 is 33.2 Å². The number of alkyl halides is 1. The van der Waals surface area contributed by atoms with Gasteiger partial charge < -0.3 is 4.90 Å². The molecule has 0 spiro atoms. The number of rotatable bonds is 4. The predicted octanol–water partition coefficient (Wildman–Crippen LogP) is 2.53. The Kier molecular flexibility index (Phi) is 4.62. The first-order valence-electron chi connectivity index (χ1n) is 4.52. The van der Waals surface area contributed by atoms with Crippen LogP contribution in [0.1, 0.15) is 11.8 Å². The Morgan fingerprint density at radius 2 is 2.43 bits per heavy atom. The lowest BCUT2D eigenvalue weighted by Crippen LogP contribution is -2.33. The molecule has 1 heterocycles. The highest BCUT2D eigenvalue weighted by molar-refractivity contribution is 9.10. The molecule has 1 aromatic heterocycles. The largest absolute Gasteiger partial charge is 0.344 e. The second-order valence-corrected chi connectivity index (χ2v) is 5.61. The Hall–Kier alpha value is -0.350. The van der Waals surface area contributed by atoms with Gasteiger partial charge in [-0.15, -0.1) is 11.3 Å². The molecule has 0 fully saturated rings. The van der Waals surface area contributed by atoms with Crippen LogP contribution in [0.5, 0.6) is 0 Å². The van der Waals surface area contributed by atoms with Gasteiger partial charge >= 0.3 is 0 Å². The van der Waals surface area contributed by atoms with Gasteiger partial charge in [0, 0.05) is 18.5 Å². The number of likely N-dealkylation sites (N-methyl/N-ethyl adjacent to an activating group) is 1. The fourth-order valence-electron chi connectivity index (χ4n) is 1.15. The topological polar surface area (TPSA) is 20.3 Å². The Morgan fingerprint density at radius 3 is 2.93 bits per heavy atom. The minimum Gasteiger partial charge on any atom is -0.344 e. The Labute approximate surface area is 97.1 Å². The van der Waals surface area contributed by atoms with Crippen LogP contribution >= 0.6 is 27.3 Å². The van der Waals surface area contributed by atoms with Gasteiger partial charge in [0.15, 0.2) is 0 Å². The number of nitrogens with zero attached hydrogens (tertiary/aromatic N) is 1. The van der Waals surface area contributed by atoms with Crippen LogP contribution in [0.2, 0.25) is 0 Å². The molecule has 1 unspecified atom stereocenters. The van der Waals surface area contributed by atoms with Crippen LogP contribution in [0.4, 0.5) is 0 Å². The average Bonchev–Trinajstić information content (AvgIpc) is 2.65. The van der Waals surface area contributed by atoms with Crippen LogP contribution < -0.4 is 0 Å². The summed E-state index contributed by atoms with van der Waals surface area (Å²) in [5.41, 5.74) is 0. The normalized spacial score (nSPS) is 12.5. The summed E-state index contributed by atoms with van der Waals surface area (Å²) in [6.45, 7) is 2.64. The molecule has 4 heteroatoms. The smallest absolute Gasteiger partial charge is 0.235 e. The zero-order valence-electron chi connectivity index (χ0n) is 8.37. The summed E-state index contributed by atoms with van der Waals surface area (Å²) in [6.07, 6.45) is 0.944. The van der Waals surface area contributed by atoms with E-state index in [1.165, 1.54) is 4.88 Å². The molecule has 0 aromatic carbocycles. The molecule has 1 aromatic rings. The molecule has 14 heavy (non-hydrogen) atoms. The third kappa shape index (κ3) is 3.42. The summed E-state index contributed by atoms with van der Waals surface area (Å²) in [5.74, 6) is 0.140. The van der Waals surface area contributed by atoms with E-state index < -0.39 is 0 Å². The highest BCUT2D eigenvalue weighted by Gasteiger charge is 2.13. The molecule has 1 rings (SSSR count). The quantitative estimate of drug-likeness (QED) is 0.774. The van der Waals surface area contributed by atoms with Gasteiger partial charge in [-0.3, -0.25) is 4.79 Å². The molecular weight excluding hydrogens is 262 g/mol. The van der Waals surface area contributed by atoms with E-state index >= 15 is 0 Å². The first kappa shape index (κ1) is 11.7. The van der Waals surface area contributed by atoms with E-state index in [2.05, 4.69) is 27.4 Å². The molecule has 0 N–H and O–H groups in total. The first-order valence-corrected chi connectivity index (χ1v) is 6.32. The summed E-state index contributed by atoms with van der Waals surface area (Å²) in [7, 11) is 1.84. The number of thiophene rings is 1. The number of amides is 1. The van der Waals surface area contributed by atoms with Crippen molar-refractivity contribution in [3.63, 3.8) is 0 Å². The number of halogens is 1. The number of carbonyl (C=O) groups excluding carboxylic acids is 1. The van der Waals surface area contributed by atoms with Gasteiger partial charge in [-0.2, -0.15) is 0 Å². The molecular formula is C10H14BrNOS. The lowest BCUT2D eigenvalue weighted by Gasteiger charge is -2.17. The van der Waals surface area contributed by atoms with Crippen molar-refractivity contribution in [1.29, 1.82) is 0 Å². The molecule has 0 aliphatic carbocycles. The van der Waals surface area contributed by atoms with Crippen molar-refractivity contribution in [2.75, 3.05) is 13.6 Å². The highest BCUT2D eigenvalue weighted by atomic mass is 79.9. The third-order valence-electron chi connectivity index (χ3n) is 1.99. The fourth-order valence-corrected chi connectivity index (χ4v) is 2.19. The van der Waals surface area contributed by atoms with E-state index in [9.17, 15) is 4.79 Å². The van der Waals surface area contributed by atoms with Crippen LogP contribution in [0.15, 0.2) is 17.5 Å². The molecule has 1 amide bonds. The van der Waals surface area contributed by atoms with E-state index in [1.807, 2.05) is 20.0 Å². The zero-order valence-corrected chi connectivity index (χ0v) is 10.8. The van der Waals surface area contributed by atoms with Crippen LogP contribution in [-0.4, -0.2) is 29.2 Å². The van der Waals surface area contributed by atoms with E-state index in [1.54, 1.807) is 16.2 Å². The van der Waals surface area contributed by atoms with Crippen LogP contribution in [-0.2, 0) is 11.2 Å². The van der Waals surface area contributed by atoms with Crippen molar-refractivity contribution in [1.82, 2.24) is 4.90 Å². The van der Waals surface area contributed by atoms with Gasteiger partial charge in [0.2, 0.25) is 5.91 Å². The Bertz CT molecular complexity index is 284. The van der Waals surface area contributed by atoms with Crippen molar-refractivity contribution in [3.05, 3.63) is 22.4 Å². The Balaban J connectivity index is 2.35. The minimum atomic E-state index is -0.0872.